The monoisotopic (exact) mass is 603 g/mol. The van der Waals surface area contributed by atoms with Crippen molar-refractivity contribution >= 4 is 33.7 Å². The zero-order valence-electron chi connectivity index (χ0n) is 22.8. The van der Waals surface area contributed by atoms with Crippen molar-refractivity contribution in [1.82, 2.24) is 15.1 Å². The lowest BCUT2D eigenvalue weighted by Crippen LogP contribution is -2.54. The predicted molar refractivity (Wildman–Crippen MR) is 157 cm³/mol. The maximum atomic E-state index is 13.2. The number of hydrogen-bond donors (Lipinski definition) is 1. The van der Waals surface area contributed by atoms with Gasteiger partial charge in [-0.3, -0.25) is 14.4 Å². The van der Waals surface area contributed by atoms with Crippen molar-refractivity contribution in [1.29, 1.82) is 0 Å². The minimum absolute atomic E-state index is 0.0571. The van der Waals surface area contributed by atoms with Crippen molar-refractivity contribution in [2.45, 2.75) is 32.2 Å². The highest BCUT2D eigenvalue weighted by molar-refractivity contribution is 9.10. The molecule has 1 saturated heterocycles. The van der Waals surface area contributed by atoms with Crippen LogP contribution in [0.2, 0.25) is 0 Å². The van der Waals surface area contributed by atoms with Gasteiger partial charge in [-0.15, -0.1) is 0 Å². The Balaban J connectivity index is 1.16. The van der Waals surface area contributed by atoms with E-state index in [0.717, 1.165) is 27.6 Å². The molecule has 1 aliphatic heterocycles. The Bertz CT molecular complexity index is 1370. The summed E-state index contributed by atoms with van der Waals surface area (Å²) in [7, 11) is 0. The van der Waals surface area contributed by atoms with Crippen LogP contribution in [0.1, 0.15) is 40.6 Å². The number of benzene rings is 3. The summed E-state index contributed by atoms with van der Waals surface area (Å²) in [6.45, 7) is 5.26. The van der Waals surface area contributed by atoms with Gasteiger partial charge in [0.1, 0.15) is 5.75 Å². The average molecular weight is 605 g/mol. The fraction of sp³-hybridized carbons (Fsp3) is 0.344. The van der Waals surface area contributed by atoms with Crippen LogP contribution in [0, 0.1) is 19.8 Å². The van der Waals surface area contributed by atoms with Crippen LogP contribution in [0.5, 0.6) is 5.75 Å². The van der Waals surface area contributed by atoms with Crippen LogP contribution < -0.4 is 10.1 Å². The molecule has 3 aromatic carbocycles. The van der Waals surface area contributed by atoms with Crippen molar-refractivity contribution in [3.05, 3.63) is 99.5 Å². The third-order valence-corrected chi connectivity index (χ3v) is 8.56. The zero-order valence-corrected chi connectivity index (χ0v) is 24.4. The van der Waals surface area contributed by atoms with Crippen LogP contribution in [-0.4, -0.2) is 60.3 Å². The number of nitrogens with zero attached hydrogens (tertiary/aromatic N) is 2. The number of piperazine rings is 1. The van der Waals surface area contributed by atoms with Gasteiger partial charge in [-0.1, -0.05) is 70.5 Å². The lowest BCUT2D eigenvalue weighted by molar-refractivity contribution is -0.149. The molecule has 2 fully saturated rings. The van der Waals surface area contributed by atoms with Crippen LogP contribution >= 0.6 is 15.9 Å². The van der Waals surface area contributed by atoms with E-state index < -0.39 is 11.8 Å². The molecular formula is C32H34BrN3O4. The summed E-state index contributed by atoms with van der Waals surface area (Å²) in [5, 5.41) is 3.05. The second-order valence-corrected chi connectivity index (χ2v) is 11.5. The van der Waals surface area contributed by atoms with Gasteiger partial charge in [-0.2, -0.15) is 0 Å². The summed E-state index contributed by atoms with van der Waals surface area (Å²) in [5.74, 6) is -0.0473. The van der Waals surface area contributed by atoms with Crippen molar-refractivity contribution in [3.63, 3.8) is 0 Å². The molecule has 8 heteroatoms. The molecule has 5 rings (SSSR count). The standard InChI is InChI=1S/C32H34BrN3O4/c1-21-7-6-10-28(22(21)2)40-20-29(37)35-15-17-36(18-16-35)32(39)31(38)34-30(24-8-4-3-5-9-24)27-19-26(27)23-11-13-25(33)14-12-23/h3-14,26-27,30H,15-20H2,1-2H3,(H,34,38). The van der Waals surface area contributed by atoms with Gasteiger partial charge in [0.05, 0.1) is 6.04 Å². The van der Waals surface area contributed by atoms with E-state index in [1.165, 1.54) is 10.5 Å². The molecule has 3 amide bonds. The number of aryl methyl sites for hydroxylation is 1. The normalized spacial score (nSPS) is 19.1. The summed E-state index contributed by atoms with van der Waals surface area (Å²) in [6, 6.07) is 23.6. The molecule has 1 heterocycles. The van der Waals surface area contributed by atoms with Gasteiger partial charge in [0, 0.05) is 30.7 Å². The largest absolute Gasteiger partial charge is 0.483 e. The maximum Gasteiger partial charge on any atom is 0.312 e. The molecule has 3 unspecified atom stereocenters. The van der Waals surface area contributed by atoms with Gasteiger partial charge in [-0.25, -0.2) is 0 Å². The predicted octanol–water partition coefficient (Wildman–Crippen LogP) is 4.78. The molecule has 1 aliphatic carbocycles. The van der Waals surface area contributed by atoms with E-state index in [0.29, 0.717) is 37.8 Å². The molecule has 0 bridgehead atoms. The highest BCUT2D eigenvalue weighted by atomic mass is 79.9. The Kier molecular flexibility index (Phi) is 8.54. The molecule has 0 aromatic heterocycles. The van der Waals surface area contributed by atoms with E-state index in [1.54, 1.807) is 4.90 Å². The SMILES string of the molecule is Cc1cccc(OCC(=O)N2CCN(C(=O)C(=O)NC(c3ccccc3)C3CC3c3ccc(Br)cc3)CC2)c1C. The minimum atomic E-state index is -0.603. The van der Waals surface area contributed by atoms with Crippen LogP contribution in [0.4, 0.5) is 0 Å². The Labute approximate surface area is 243 Å². The number of hydrogen-bond acceptors (Lipinski definition) is 4. The molecule has 208 valence electrons. The summed E-state index contributed by atoms with van der Waals surface area (Å²) in [6.07, 6.45) is 0.945. The van der Waals surface area contributed by atoms with E-state index >= 15 is 0 Å². The average Bonchev–Trinajstić information content (AvgIpc) is 3.77. The van der Waals surface area contributed by atoms with E-state index in [1.807, 2.05) is 74.5 Å². The number of rotatable bonds is 7. The first-order chi connectivity index (χ1) is 19.3. The van der Waals surface area contributed by atoms with Gasteiger partial charge in [0.2, 0.25) is 0 Å². The van der Waals surface area contributed by atoms with Crippen LogP contribution in [0.15, 0.2) is 77.3 Å². The molecule has 7 nitrogen and oxygen atoms in total. The summed E-state index contributed by atoms with van der Waals surface area (Å²) >= 11 is 3.49. The van der Waals surface area contributed by atoms with Gasteiger partial charge in [-0.05, 0) is 72.6 Å². The van der Waals surface area contributed by atoms with Gasteiger partial charge in [0.15, 0.2) is 6.61 Å². The summed E-state index contributed by atoms with van der Waals surface area (Å²) in [4.78, 5) is 42.3. The first kappa shape index (κ1) is 27.9. The highest BCUT2D eigenvalue weighted by Crippen LogP contribution is 2.54. The second-order valence-electron chi connectivity index (χ2n) is 10.6. The van der Waals surface area contributed by atoms with E-state index in [2.05, 4.69) is 33.4 Å². The third-order valence-electron chi connectivity index (χ3n) is 8.03. The highest BCUT2D eigenvalue weighted by Gasteiger charge is 2.45. The number of carbonyl (C=O) groups is 3. The first-order valence-electron chi connectivity index (χ1n) is 13.7. The zero-order chi connectivity index (χ0) is 28.2. The van der Waals surface area contributed by atoms with E-state index in [4.69, 9.17) is 4.74 Å². The van der Waals surface area contributed by atoms with Crippen molar-refractivity contribution in [3.8, 4) is 5.75 Å². The number of amides is 3. The Morgan fingerprint density at radius 1 is 0.900 bits per heavy atom. The van der Waals surface area contributed by atoms with Gasteiger partial charge >= 0.3 is 11.8 Å². The van der Waals surface area contributed by atoms with Crippen molar-refractivity contribution in [2.24, 2.45) is 5.92 Å². The van der Waals surface area contributed by atoms with Crippen LogP contribution in [-0.2, 0) is 14.4 Å². The Morgan fingerprint density at radius 3 is 2.27 bits per heavy atom. The van der Waals surface area contributed by atoms with Gasteiger partial charge < -0.3 is 19.9 Å². The quantitative estimate of drug-likeness (QED) is 0.394. The summed E-state index contributed by atoms with van der Waals surface area (Å²) < 4.78 is 6.80. The first-order valence-corrected chi connectivity index (χ1v) is 14.5. The lowest BCUT2D eigenvalue weighted by atomic mass is 9.98. The van der Waals surface area contributed by atoms with Crippen molar-refractivity contribution < 1.29 is 19.1 Å². The number of nitrogens with one attached hydrogen (secondary N) is 1. The molecule has 0 radical (unpaired) electrons. The van der Waals surface area contributed by atoms with Crippen LogP contribution in [0.25, 0.3) is 0 Å². The van der Waals surface area contributed by atoms with E-state index in [-0.39, 0.29) is 24.5 Å². The second kappa shape index (κ2) is 12.3. The molecular weight excluding hydrogens is 570 g/mol. The smallest absolute Gasteiger partial charge is 0.312 e. The molecule has 1 saturated carbocycles. The van der Waals surface area contributed by atoms with Crippen LogP contribution in [0.3, 0.4) is 0 Å². The molecule has 1 N–H and O–H groups in total. The molecule has 2 aliphatic rings. The number of ether oxygens (including phenoxy) is 1. The minimum Gasteiger partial charge on any atom is -0.483 e. The topological polar surface area (TPSA) is 79.0 Å². The molecule has 0 spiro atoms. The maximum absolute atomic E-state index is 13.2. The fourth-order valence-electron chi connectivity index (χ4n) is 5.39. The number of carbonyl (C=O) groups excluding carboxylic acids is 3. The Hall–Kier alpha value is -3.65. The summed E-state index contributed by atoms with van der Waals surface area (Å²) in [5.41, 5.74) is 4.35. The number of halogens is 1. The third kappa shape index (κ3) is 6.39. The molecule has 3 aromatic rings. The van der Waals surface area contributed by atoms with Gasteiger partial charge in [0.25, 0.3) is 5.91 Å². The molecule has 3 atom stereocenters. The van der Waals surface area contributed by atoms with Crippen molar-refractivity contribution in [2.75, 3.05) is 32.8 Å². The fourth-order valence-corrected chi connectivity index (χ4v) is 5.66. The Morgan fingerprint density at radius 2 is 1.57 bits per heavy atom. The molecule has 40 heavy (non-hydrogen) atoms. The van der Waals surface area contributed by atoms with E-state index in [9.17, 15) is 14.4 Å². The lowest BCUT2D eigenvalue weighted by Gasteiger charge is -2.34.